The first-order valence-electron chi connectivity index (χ1n) is 6.48. The number of amides is 1. The van der Waals surface area contributed by atoms with E-state index in [1.54, 1.807) is 0 Å². The number of thioether (sulfide) groups is 1. The van der Waals surface area contributed by atoms with E-state index >= 15 is 0 Å². The molecule has 0 spiro atoms. The second kappa shape index (κ2) is 8.22. The van der Waals surface area contributed by atoms with E-state index in [1.165, 1.54) is 11.8 Å². The monoisotopic (exact) mass is 286 g/mol. The molecule has 19 heavy (non-hydrogen) atoms. The number of aromatic nitrogens is 1. The fraction of sp³-hybridized carbons (Fsp3) is 0.692. The van der Waals surface area contributed by atoms with Gasteiger partial charge in [0, 0.05) is 17.9 Å². The second-order valence-electron chi connectivity index (χ2n) is 4.50. The molecule has 1 unspecified atom stereocenters. The van der Waals surface area contributed by atoms with Gasteiger partial charge in [-0.3, -0.25) is 4.79 Å². The van der Waals surface area contributed by atoms with Crippen molar-refractivity contribution in [3.05, 3.63) is 17.0 Å². The average molecular weight is 286 g/mol. The molecule has 5 nitrogen and oxygen atoms in total. The Morgan fingerprint density at radius 1 is 1.53 bits per heavy atom. The van der Waals surface area contributed by atoms with Gasteiger partial charge in [-0.1, -0.05) is 12.1 Å². The highest BCUT2D eigenvalue weighted by Crippen LogP contribution is 2.19. The highest BCUT2D eigenvalue weighted by atomic mass is 32.2. The zero-order chi connectivity index (χ0) is 14.3. The minimum atomic E-state index is -0.324. The number of nitrogens with one attached hydrogen (secondary N) is 1. The summed E-state index contributed by atoms with van der Waals surface area (Å²) in [5, 5.41) is 16.0. The SMILES string of the molecule is CCC(O)CCNC(=O)CSCc1c(C)noc1C. The van der Waals surface area contributed by atoms with Crippen LogP contribution in [0, 0.1) is 13.8 Å². The average Bonchev–Trinajstić information content (AvgIpc) is 2.70. The number of hydrogen-bond donors (Lipinski definition) is 2. The van der Waals surface area contributed by atoms with Crippen molar-refractivity contribution in [2.45, 2.75) is 45.5 Å². The van der Waals surface area contributed by atoms with Crippen LogP contribution in [0.25, 0.3) is 0 Å². The van der Waals surface area contributed by atoms with Crippen LogP contribution in [-0.2, 0) is 10.5 Å². The van der Waals surface area contributed by atoms with Crippen molar-refractivity contribution in [3.63, 3.8) is 0 Å². The molecule has 1 atom stereocenters. The van der Waals surface area contributed by atoms with Crippen molar-refractivity contribution in [3.8, 4) is 0 Å². The topological polar surface area (TPSA) is 75.4 Å². The van der Waals surface area contributed by atoms with Crippen LogP contribution >= 0.6 is 11.8 Å². The van der Waals surface area contributed by atoms with Crippen LogP contribution in [0.2, 0.25) is 0 Å². The number of aliphatic hydroxyl groups excluding tert-OH is 1. The summed E-state index contributed by atoms with van der Waals surface area (Å²) < 4.78 is 5.06. The molecular weight excluding hydrogens is 264 g/mol. The molecular formula is C13H22N2O3S. The number of aryl methyl sites for hydroxylation is 2. The largest absolute Gasteiger partial charge is 0.393 e. The highest BCUT2D eigenvalue weighted by molar-refractivity contribution is 7.99. The summed E-state index contributed by atoms with van der Waals surface area (Å²) in [6.07, 6.45) is 1.00. The lowest BCUT2D eigenvalue weighted by Gasteiger charge is -2.08. The number of carbonyl (C=O) groups is 1. The molecule has 108 valence electrons. The Hall–Kier alpha value is -1.01. The van der Waals surface area contributed by atoms with Gasteiger partial charge in [-0.05, 0) is 26.7 Å². The molecule has 0 saturated carbocycles. The molecule has 0 aliphatic heterocycles. The number of aliphatic hydroxyl groups is 1. The number of rotatable bonds is 8. The van der Waals surface area contributed by atoms with Gasteiger partial charge in [-0.2, -0.15) is 0 Å². The third-order valence-electron chi connectivity index (χ3n) is 2.93. The van der Waals surface area contributed by atoms with E-state index in [1.807, 2.05) is 20.8 Å². The van der Waals surface area contributed by atoms with Gasteiger partial charge in [0.25, 0.3) is 0 Å². The number of nitrogens with zero attached hydrogens (tertiary/aromatic N) is 1. The number of hydrogen-bond acceptors (Lipinski definition) is 5. The standard InChI is InChI=1S/C13H22N2O3S/c1-4-11(16)5-6-14-13(17)8-19-7-12-9(2)15-18-10(12)3/h11,16H,4-8H2,1-3H3,(H,14,17). The van der Waals surface area contributed by atoms with Crippen molar-refractivity contribution in [2.24, 2.45) is 0 Å². The van der Waals surface area contributed by atoms with E-state index in [0.717, 1.165) is 29.2 Å². The summed E-state index contributed by atoms with van der Waals surface area (Å²) in [5.41, 5.74) is 1.95. The summed E-state index contributed by atoms with van der Waals surface area (Å²) >= 11 is 1.54. The van der Waals surface area contributed by atoms with Crippen LogP contribution in [0.5, 0.6) is 0 Å². The quantitative estimate of drug-likeness (QED) is 0.762. The second-order valence-corrected chi connectivity index (χ2v) is 5.48. The predicted octanol–water partition coefficient (Wildman–Crippen LogP) is 1.80. The molecule has 0 fully saturated rings. The first-order valence-corrected chi connectivity index (χ1v) is 7.64. The Labute approximate surface area is 118 Å². The summed E-state index contributed by atoms with van der Waals surface area (Å²) in [6.45, 7) is 6.23. The summed E-state index contributed by atoms with van der Waals surface area (Å²) in [4.78, 5) is 11.6. The van der Waals surface area contributed by atoms with Crippen molar-refractivity contribution < 1.29 is 14.4 Å². The smallest absolute Gasteiger partial charge is 0.230 e. The number of carbonyl (C=O) groups excluding carboxylic acids is 1. The van der Waals surface area contributed by atoms with Crippen LogP contribution in [0.3, 0.4) is 0 Å². The van der Waals surface area contributed by atoms with Crippen LogP contribution < -0.4 is 5.32 Å². The molecule has 1 heterocycles. The maximum absolute atomic E-state index is 11.6. The molecule has 1 aromatic heterocycles. The summed E-state index contributed by atoms with van der Waals surface area (Å²) in [6, 6.07) is 0. The third kappa shape index (κ3) is 5.65. The highest BCUT2D eigenvalue weighted by Gasteiger charge is 2.10. The van der Waals surface area contributed by atoms with Crippen molar-refractivity contribution in [2.75, 3.05) is 12.3 Å². The third-order valence-corrected chi connectivity index (χ3v) is 3.89. The maximum atomic E-state index is 11.6. The van der Waals surface area contributed by atoms with E-state index in [-0.39, 0.29) is 12.0 Å². The Kier molecular flexibility index (Phi) is 6.94. The van der Waals surface area contributed by atoms with E-state index in [4.69, 9.17) is 4.52 Å². The van der Waals surface area contributed by atoms with Gasteiger partial charge < -0.3 is 14.9 Å². The molecule has 1 amide bonds. The van der Waals surface area contributed by atoms with Crippen molar-refractivity contribution in [1.29, 1.82) is 0 Å². The van der Waals surface area contributed by atoms with E-state index in [9.17, 15) is 9.90 Å². The van der Waals surface area contributed by atoms with Gasteiger partial charge in [0.1, 0.15) is 5.76 Å². The van der Waals surface area contributed by atoms with Crippen molar-refractivity contribution in [1.82, 2.24) is 10.5 Å². The Bertz CT molecular complexity index is 387. The molecule has 0 aliphatic carbocycles. The Balaban J connectivity index is 2.17. The molecule has 2 N–H and O–H groups in total. The molecule has 0 bridgehead atoms. The van der Waals surface area contributed by atoms with Crippen LogP contribution in [0.1, 0.15) is 36.8 Å². The van der Waals surface area contributed by atoms with Crippen LogP contribution in [0.4, 0.5) is 0 Å². The minimum absolute atomic E-state index is 0.0000586. The van der Waals surface area contributed by atoms with Gasteiger partial charge in [0.05, 0.1) is 17.6 Å². The predicted molar refractivity (Wildman–Crippen MR) is 76.1 cm³/mol. The first-order chi connectivity index (χ1) is 9.04. The van der Waals surface area contributed by atoms with Gasteiger partial charge in [-0.15, -0.1) is 11.8 Å². The van der Waals surface area contributed by atoms with E-state index in [2.05, 4.69) is 10.5 Å². The maximum Gasteiger partial charge on any atom is 0.230 e. The molecule has 6 heteroatoms. The minimum Gasteiger partial charge on any atom is -0.393 e. The summed E-state index contributed by atoms with van der Waals surface area (Å²) in [7, 11) is 0. The normalized spacial score (nSPS) is 12.4. The Morgan fingerprint density at radius 3 is 2.84 bits per heavy atom. The molecule has 0 radical (unpaired) electrons. The molecule has 1 rings (SSSR count). The van der Waals surface area contributed by atoms with E-state index in [0.29, 0.717) is 18.7 Å². The lowest BCUT2D eigenvalue weighted by molar-refractivity contribution is -0.118. The van der Waals surface area contributed by atoms with Gasteiger partial charge in [-0.25, -0.2) is 0 Å². The van der Waals surface area contributed by atoms with E-state index < -0.39 is 0 Å². The Morgan fingerprint density at radius 2 is 2.26 bits per heavy atom. The fourth-order valence-electron chi connectivity index (χ4n) is 1.59. The fourth-order valence-corrected chi connectivity index (χ4v) is 2.59. The molecule has 0 saturated heterocycles. The molecule has 0 aromatic carbocycles. The zero-order valence-electron chi connectivity index (χ0n) is 11.7. The molecule has 1 aromatic rings. The summed E-state index contributed by atoms with van der Waals surface area (Å²) in [5.74, 6) is 1.95. The molecule has 0 aliphatic rings. The van der Waals surface area contributed by atoms with Crippen molar-refractivity contribution >= 4 is 17.7 Å². The van der Waals surface area contributed by atoms with Crippen LogP contribution in [0.15, 0.2) is 4.52 Å². The van der Waals surface area contributed by atoms with Crippen LogP contribution in [-0.4, -0.2) is 34.6 Å². The lowest BCUT2D eigenvalue weighted by Crippen LogP contribution is -2.28. The lowest BCUT2D eigenvalue weighted by atomic mass is 10.2. The van der Waals surface area contributed by atoms with Gasteiger partial charge in [0.15, 0.2) is 0 Å². The first kappa shape index (κ1) is 16.0. The zero-order valence-corrected chi connectivity index (χ0v) is 12.5. The van der Waals surface area contributed by atoms with Gasteiger partial charge in [0.2, 0.25) is 5.91 Å². The van der Waals surface area contributed by atoms with Gasteiger partial charge >= 0.3 is 0 Å².